The van der Waals surface area contributed by atoms with Crippen molar-refractivity contribution in [1.82, 2.24) is 4.90 Å². The molecule has 1 saturated heterocycles. The fourth-order valence-electron chi connectivity index (χ4n) is 2.92. The fraction of sp³-hybridized carbons (Fsp3) is 0.562. The molecule has 0 spiro atoms. The van der Waals surface area contributed by atoms with Crippen LogP contribution in [0.25, 0.3) is 0 Å². The molecule has 1 aliphatic rings. The second-order valence-electron chi connectivity index (χ2n) is 5.17. The quantitative estimate of drug-likeness (QED) is 0.831. The molecular weight excluding hydrogens is 236 g/mol. The van der Waals surface area contributed by atoms with Gasteiger partial charge >= 0.3 is 0 Å². The van der Waals surface area contributed by atoms with E-state index in [0.717, 1.165) is 24.4 Å². The first-order valence-electron chi connectivity index (χ1n) is 7.09. The third-order valence-corrected chi connectivity index (χ3v) is 4.00. The lowest BCUT2D eigenvalue weighted by atomic mass is 9.98. The number of benzene rings is 1. The molecule has 1 atom stereocenters. The van der Waals surface area contributed by atoms with E-state index in [-0.39, 0.29) is 0 Å². The van der Waals surface area contributed by atoms with Crippen molar-refractivity contribution in [3.05, 3.63) is 29.3 Å². The molecule has 1 fully saturated rings. The summed E-state index contributed by atoms with van der Waals surface area (Å²) >= 11 is 0. The number of piperidine rings is 1. The van der Waals surface area contributed by atoms with Crippen LogP contribution in [0.1, 0.15) is 43.7 Å². The Bertz CT molecular complexity index is 464. The monoisotopic (exact) mass is 258 g/mol. The van der Waals surface area contributed by atoms with Gasteiger partial charge in [0.25, 0.3) is 0 Å². The van der Waals surface area contributed by atoms with Gasteiger partial charge in [0.05, 0.1) is 18.7 Å². The number of nitrogens with zero attached hydrogens (tertiary/aromatic N) is 2. The van der Waals surface area contributed by atoms with Crippen molar-refractivity contribution in [2.24, 2.45) is 0 Å². The van der Waals surface area contributed by atoms with Gasteiger partial charge in [-0.1, -0.05) is 13.3 Å². The molecule has 0 N–H and O–H groups in total. The highest BCUT2D eigenvalue weighted by molar-refractivity contribution is 5.42. The molecule has 1 aromatic rings. The van der Waals surface area contributed by atoms with Crippen LogP contribution in [0.2, 0.25) is 0 Å². The Balaban J connectivity index is 2.19. The lowest BCUT2D eigenvalue weighted by molar-refractivity contribution is 0.135. The van der Waals surface area contributed by atoms with Crippen LogP contribution in [0.4, 0.5) is 0 Å². The Morgan fingerprint density at radius 1 is 1.42 bits per heavy atom. The molecule has 19 heavy (non-hydrogen) atoms. The van der Waals surface area contributed by atoms with Gasteiger partial charge in [0.2, 0.25) is 0 Å². The molecule has 102 valence electrons. The minimum atomic E-state index is 0.671. The Hall–Kier alpha value is -1.53. The molecule has 1 unspecified atom stereocenters. The van der Waals surface area contributed by atoms with E-state index < -0.39 is 0 Å². The van der Waals surface area contributed by atoms with Gasteiger partial charge in [-0.3, -0.25) is 4.90 Å². The maximum Gasteiger partial charge on any atom is 0.123 e. The van der Waals surface area contributed by atoms with Crippen molar-refractivity contribution >= 4 is 0 Å². The third kappa shape index (κ3) is 3.27. The summed E-state index contributed by atoms with van der Waals surface area (Å²) in [5.74, 6) is 0.888. The van der Waals surface area contributed by atoms with Gasteiger partial charge in [0, 0.05) is 18.2 Å². The predicted molar refractivity (Wildman–Crippen MR) is 76.0 cm³/mol. The Morgan fingerprint density at radius 2 is 2.26 bits per heavy atom. The van der Waals surface area contributed by atoms with Crippen LogP contribution in [-0.2, 0) is 6.54 Å². The van der Waals surface area contributed by atoms with E-state index in [9.17, 15) is 0 Å². The number of rotatable bonds is 4. The largest absolute Gasteiger partial charge is 0.496 e. The van der Waals surface area contributed by atoms with Gasteiger partial charge in [0.15, 0.2) is 0 Å². The molecule has 0 aliphatic carbocycles. The Labute approximate surface area is 115 Å². The van der Waals surface area contributed by atoms with Crippen LogP contribution in [0.5, 0.6) is 5.75 Å². The van der Waals surface area contributed by atoms with Crippen molar-refractivity contribution in [2.45, 2.75) is 45.2 Å². The SMILES string of the molecule is CCC1CCCCN1Cc1cc(C#N)ccc1OC. The smallest absolute Gasteiger partial charge is 0.123 e. The van der Waals surface area contributed by atoms with E-state index in [1.54, 1.807) is 7.11 Å². The van der Waals surface area contributed by atoms with Gasteiger partial charge in [-0.25, -0.2) is 0 Å². The number of nitriles is 1. The average Bonchev–Trinajstić information content (AvgIpc) is 2.47. The second-order valence-corrected chi connectivity index (χ2v) is 5.17. The molecule has 1 heterocycles. The zero-order valence-corrected chi connectivity index (χ0v) is 11.9. The van der Waals surface area contributed by atoms with Crippen molar-refractivity contribution < 1.29 is 4.74 Å². The summed E-state index contributed by atoms with van der Waals surface area (Å²) in [6.07, 6.45) is 5.10. The molecule has 0 amide bonds. The van der Waals surface area contributed by atoms with Gasteiger partial charge in [-0.05, 0) is 44.0 Å². The highest BCUT2D eigenvalue weighted by atomic mass is 16.5. The molecular formula is C16H22N2O. The first kappa shape index (κ1) is 13.9. The summed E-state index contributed by atoms with van der Waals surface area (Å²) in [6.45, 7) is 4.29. The van der Waals surface area contributed by atoms with Gasteiger partial charge in [-0.15, -0.1) is 0 Å². The number of methoxy groups -OCH3 is 1. The van der Waals surface area contributed by atoms with E-state index in [1.165, 1.54) is 25.7 Å². The van der Waals surface area contributed by atoms with Crippen molar-refractivity contribution in [3.63, 3.8) is 0 Å². The molecule has 0 saturated carbocycles. The topological polar surface area (TPSA) is 36.3 Å². The summed E-state index contributed by atoms with van der Waals surface area (Å²) in [5.41, 5.74) is 1.84. The molecule has 1 aromatic carbocycles. The molecule has 0 aromatic heterocycles. The molecule has 3 nitrogen and oxygen atoms in total. The average molecular weight is 258 g/mol. The standard InChI is InChI=1S/C16H22N2O/c1-3-15-6-4-5-9-18(15)12-14-10-13(11-17)7-8-16(14)19-2/h7-8,10,15H,3-6,9,12H2,1-2H3. The summed E-state index contributed by atoms with van der Waals surface area (Å²) in [7, 11) is 1.69. The number of hydrogen-bond donors (Lipinski definition) is 0. The van der Waals surface area contributed by atoms with Crippen molar-refractivity contribution in [3.8, 4) is 11.8 Å². The zero-order valence-electron chi connectivity index (χ0n) is 11.9. The van der Waals surface area contributed by atoms with Gasteiger partial charge in [0.1, 0.15) is 5.75 Å². The van der Waals surface area contributed by atoms with E-state index in [1.807, 2.05) is 18.2 Å². The van der Waals surface area contributed by atoms with Crippen LogP contribution < -0.4 is 4.74 Å². The van der Waals surface area contributed by atoms with E-state index in [4.69, 9.17) is 10.00 Å². The van der Waals surface area contributed by atoms with Crippen molar-refractivity contribution in [2.75, 3.05) is 13.7 Å². The molecule has 1 aliphatic heterocycles. The fourth-order valence-corrected chi connectivity index (χ4v) is 2.92. The first-order valence-corrected chi connectivity index (χ1v) is 7.09. The number of likely N-dealkylation sites (tertiary alicyclic amines) is 1. The van der Waals surface area contributed by atoms with Crippen LogP contribution >= 0.6 is 0 Å². The van der Waals surface area contributed by atoms with Crippen molar-refractivity contribution in [1.29, 1.82) is 5.26 Å². The lowest BCUT2D eigenvalue weighted by Crippen LogP contribution is -2.38. The van der Waals surface area contributed by atoms with Gasteiger partial charge in [-0.2, -0.15) is 5.26 Å². The predicted octanol–water partition coefficient (Wildman–Crippen LogP) is 3.33. The van der Waals surface area contributed by atoms with Crippen LogP contribution in [0.3, 0.4) is 0 Å². The first-order chi connectivity index (χ1) is 9.28. The summed E-state index contributed by atoms with van der Waals surface area (Å²) in [4.78, 5) is 2.53. The molecule has 0 bridgehead atoms. The van der Waals surface area contributed by atoms with Crippen LogP contribution in [0.15, 0.2) is 18.2 Å². The van der Waals surface area contributed by atoms with Gasteiger partial charge < -0.3 is 4.74 Å². The normalized spacial score (nSPS) is 19.9. The zero-order chi connectivity index (χ0) is 13.7. The minimum Gasteiger partial charge on any atom is -0.496 e. The highest BCUT2D eigenvalue weighted by Gasteiger charge is 2.21. The molecule has 3 heteroatoms. The lowest BCUT2D eigenvalue weighted by Gasteiger charge is -2.35. The highest BCUT2D eigenvalue weighted by Crippen LogP contribution is 2.26. The maximum atomic E-state index is 9.03. The molecule has 2 rings (SSSR count). The Morgan fingerprint density at radius 3 is 2.95 bits per heavy atom. The van der Waals surface area contributed by atoms with E-state index in [0.29, 0.717) is 11.6 Å². The third-order valence-electron chi connectivity index (χ3n) is 4.00. The number of hydrogen-bond acceptors (Lipinski definition) is 3. The summed E-state index contributed by atoms with van der Waals surface area (Å²) in [5, 5.41) is 9.03. The van der Waals surface area contributed by atoms with E-state index in [2.05, 4.69) is 17.9 Å². The second kappa shape index (κ2) is 6.58. The maximum absolute atomic E-state index is 9.03. The van der Waals surface area contributed by atoms with Crippen LogP contribution in [-0.4, -0.2) is 24.6 Å². The molecule has 0 radical (unpaired) electrons. The van der Waals surface area contributed by atoms with Crippen LogP contribution in [0, 0.1) is 11.3 Å². The number of ether oxygens (including phenoxy) is 1. The van der Waals surface area contributed by atoms with E-state index >= 15 is 0 Å². The minimum absolute atomic E-state index is 0.671. The summed E-state index contributed by atoms with van der Waals surface area (Å²) < 4.78 is 5.42. The Kier molecular flexibility index (Phi) is 4.81. The summed E-state index contributed by atoms with van der Waals surface area (Å²) in [6, 6.07) is 8.55.